The van der Waals surface area contributed by atoms with Crippen LogP contribution in [0.1, 0.15) is 25.8 Å². The van der Waals surface area contributed by atoms with Crippen LogP contribution in [0.4, 0.5) is 8.78 Å². The monoisotopic (exact) mass is 428 g/mol. The molecular formula is C16H24BrClF2N2O2. The van der Waals surface area contributed by atoms with Crippen LogP contribution in [-0.2, 0) is 6.54 Å². The molecule has 138 valence electrons. The van der Waals surface area contributed by atoms with E-state index in [-0.39, 0.29) is 29.6 Å². The van der Waals surface area contributed by atoms with Gasteiger partial charge in [0.2, 0.25) is 0 Å². The highest BCUT2D eigenvalue weighted by molar-refractivity contribution is 9.10. The minimum Gasteiger partial charge on any atom is -0.493 e. The lowest BCUT2D eigenvalue weighted by Gasteiger charge is -2.42. The van der Waals surface area contributed by atoms with E-state index in [2.05, 4.69) is 39.4 Å². The lowest BCUT2D eigenvalue weighted by Crippen LogP contribution is -2.52. The van der Waals surface area contributed by atoms with Gasteiger partial charge in [0.25, 0.3) is 0 Å². The Morgan fingerprint density at radius 3 is 2.62 bits per heavy atom. The molecule has 1 aliphatic heterocycles. The van der Waals surface area contributed by atoms with Crippen molar-refractivity contribution in [2.75, 3.05) is 20.2 Å². The maximum Gasteiger partial charge on any atom is 0.387 e. The molecule has 24 heavy (non-hydrogen) atoms. The van der Waals surface area contributed by atoms with Crippen molar-refractivity contribution in [1.82, 2.24) is 4.90 Å². The van der Waals surface area contributed by atoms with E-state index in [1.165, 1.54) is 7.11 Å². The molecule has 1 unspecified atom stereocenters. The minimum absolute atomic E-state index is 0. The molecule has 8 heteroatoms. The highest BCUT2D eigenvalue weighted by Gasteiger charge is 2.33. The van der Waals surface area contributed by atoms with Crippen molar-refractivity contribution in [3.05, 3.63) is 22.2 Å². The quantitative estimate of drug-likeness (QED) is 0.767. The number of likely N-dealkylation sites (tertiary alicyclic amines) is 1. The fourth-order valence-corrected chi connectivity index (χ4v) is 3.53. The Balaban J connectivity index is 0.00000288. The zero-order chi connectivity index (χ0) is 17.2. The number of hydrogen-bond donors (Lipinski definition) is 1. The fourth-order valence-electron chi connectivity index (χ4n) is 2.95. The summed E-state index contributed by atoms with van der Waals surface area (Å²) in [5.74, 6) is 0.315. The van der Waals surface area contributed by atoms with E-state index < -0.39 is 6.61 Å². The molecule has 0 spiro atoms. The third kappa shape index (κ3) is 5.18. The van der Waals surface area contributed by atoms with Crippen molar-refractivity contribution < 1.29 is 18.3 Å². The van der Waals surface area contributed by atoms with Crippen molar-refractivity contribution in [2.45, 2.75) is 39.5 Å². The molecular weight excluding hydrogens is 406 g/mol. The van der Waals surface area contributed by atoms with E-state index >= 15 is 0 Å². The Morgan fingerprint density at radius 2 is 2.08 bits per heavy atom. The molecule has 2 rings (SSSR count). The summed E-state index contributed by atoms with van der Waals surface area (Å²) in [5, 5.41) is 0. The molecule has 1 aliphatic rings. The van der Waals surface area contributed by atoms with E-state index in [9.17, 15) is 8.78 Å². The number of nitrogens with two attached hydrogens (primary N) is 1. The van der Waals surface area contributed by atoms with Crippen LogP contribution >= 0.6 is 28.3 Å². The zero-order valence-corrected chi connectivity index (χ0v) is 16.4. The van der Waals surface area contributed by atoms with Crippen molar-refractivity contribution in [1.29, 1.82) is 0 Å². The molecule has 1 heterocycles. The highest BCUT2D eigenvalue weighted by Crippen LogP contribution is 2.38. The highest BCUT2D eigenvalue weighted by atomic mass is 79.9. The smallest absolute Gasteiger partial charge is 0.387 e. The van der Waals surface area contributed by atoms with Crippen LogP contribution in [-0.4, -0.2) is 37.8 Å². The van der Waals surface area contributed by atoms with Gasteiger partial charge in [-0.3, -0.25) is 4.90 Å². The number of piperidine rings is 1. The average Bonchev–Trinajstić information content (AvgIpc) is 2.45. The van der Waals surface area contributed by atoms with E-state index in [1.54, 1.807) is 12.1 Å². The second-order valence-corrected chi connectivity index (χ2v) is 7.44. The summed E-state index contributed by atoms with van der Waals surface area (Å²) in [7, 11) is 1.44. The first-order valence-electron chi connectivity index (χ1n) is 7.52. The molecule has 0 radical (unpaired) electrons. The maximum absolute atomic E-state index is 12.5. The predicted molar refractivity (Wildman–Crippen MR) is 96.2 cm³/mol. The number of halogens is 4. The first-order valence-corrected chi connectivity index (χ1v) is 8.31. The topological polar surface area (TPSA) is 47.7 Å². The van der Waals surface area contributed by atoms with Crippen LogP contribution in [0.25, 0.3) is 0 Å². The number of rotatable bonds is 5. The summed E-state index contributed by atoms with van der Waals surface area (Å²) in [4.78, 5) is 2.32. The largest absolute Gasteiger partial charge is 0.493 e. The molecule has 2 N–H and O–H groups in total. The molecule has 0 bridgehead atoms. The Labute approximate surface area is 156 Å². The van der Waals surface area contributed by atoms with Gasteiger partial charge in [-0.25, -0.2) is 0 Å². The second-order valence-electron chi connectivity index (χ2n) is 6.58. The molecule has 1 fully saturated rings. The van der Waals surface area contributed by atoms with Crippen LogP contribution in [0.2, 0.25) is 0 Å². The van der Waals surface area contributed by atoms with Gasteiger partial charge in [0.1, 0.15) is 0 Å². The SMILES string of the molecule is COc1cc(CN2CCC(N)C(C)(C)C2)cc(Br)c1OC(F)F.Cl. The molecule has 0 aromatic heterocycles. The standard InChI is InChI=1S/C16H23BrF2N2O2.ClH/c1-16(2)9-21(5-4-13(16)20)8-10-6-11(17)14(23-15(18)19)12(7-10)22-3;/h6-7,13,15H,4-5,8-9,20H2,1-3H3;1H. The molecule has 1 aromatic rings. The van der Waals surface area contributed by atoms with Gasteiger partial charge in [-0.15, -0.1) is 12.4 Å². The average molecular weight is 430 g/mol. The van der Waals surface area contributed by atoms with Crippen molar-refractivity contribution >= 4 is 28.3 Å². The minimum atomic E-state index is -2.89. The summed E-state index contributed by atoms with van der Waals surface area (Å²) in [6, 6.07) is 3.73. The normalized spacial score (nSPS) is 20.6. The van der Waals surface area contributed by atoms with Gasteiger partial charge in [-0.2, -0.15) is 8.78 Å². The number of benzene rings is 1. The number of ether oxygens (including phenoxy) is 2. The van der Waals surface area contributed by atoms with Gasteiger partial charge < -0.3 is 15.2 Å². The summed E-state index contributed by atoms with van der Waals surface area (Å²) in [6.45, 7) is 3.96. The van der Waals surface area contributed by atoms with Crippen molar-refractivity contribution in [3.63, 3.8) is 0 Å². The van der Waals surface area contributed by atoms with Gasteiger partial charge in [0.15, 0.2) is 11.5 Å². The van der Waals surface area contributed by atoms with Crippen LogP contribution in [0.5, 0.6) is 11.5 Å². The maximum atomic E-state index is 12.5. The summed E-state index contributed by atoms with van der Waals surface area (Å²) < 4.78 is 35.2. The van der Waals surface area contributed by atoms with Gasteiger partial charge in [0.05, 0.1) is 11.6 Å². The van der Waals surface area contributed by atoms with Crippen molar-refractivity contribution in [3.8, 4) is 11.5 Å². The second kappa shape index (κ2) is 8.65. The van der Waals surface area contributed by atoms with Crippen LogP contribution < -0.4 is 15.2 Å². The first-order chi connectivity index (χ1) is 10.7. The molecule has 4 nitrogen and oxygen atoms in total. The van der Waals surface area contributed by atoms with Gasteiger partial charge in [0, 0.05) is 25.7 Å². The lowest BCUT2D eigenvalue weighted by molar-refractivity contribution is -0.0517. The van der Waals surface area contributed by atoms with Gasteiger partial charge in [-0.05, 0) is 45.5 Å². The Kier molecular flexibility index (Phi) is 7.72. The number of hydrogen-bond acceptors (Lipinski definition) is 4. The van der Waals surface area contributed by atoms with Crippen molar-refractivity contribution in [2.24, 2.45) is 11.1 Å². The summed E-state index contributed by atoms with van der Waals surface area (Å²) in [6.07, 6.45) is 0.942. The lowest BCUT2D eigenvalue weighted by atomic mass is 9.79. The van der Waals surface area contributed by atoms with E-state index in [0.717, 1.165) is 25.1 Å². The Hall–Kier alpha value is -0.630. The fraction of sp³-hybridized carbons (Fsp3) is 0.625. The van der Waals surface area contributed by atoms with Gasteiger partial charge >= 0.3 is 6.61 Å². The zero-order valence-electron chi connectivity index (χ0n) is 14.0. The predicted octanol–water partition coefficient (Wildman–Crippen LogP) is 4.04. The summed E-state index contributed by atoms with van der Waals surface area (Å²) in [5.41, 5.74) is 7.19. The van der Waals surface area contributed by atoms with E-state index in [4.69, 9.17) is 10.5 Å². The number of nitrogens with zero attached hydrogens (tertiary/aromatic N) is 1. The Morgan fingerprint density at radius 1 is 1.42 bits per heavy atom. The molecule has 1 saturated heterocycles. The molecule has 0 saturated carbocycles. The summed E-state index contributed by atoms with van der Waals surface area (Å²) >= 11 is 3.29. The number of alkyl halides is 2. The Bertz CT molecular complexity index is 561. The molecule has 1 atom stereocenters. The van der Waals surface area contributed by atoms with Crippen LogP contribution in [0.15, 0.2) is 16.6 Å². The van der Waals surface area contributed by atoms with Gasteiger partial charge in [-0.1, -0.05) is 13.8 Å². The first kappa shape index (κ1) is 21.4. The molecule has 1 aromatic carbocycles. The molecule has 0 amide bonds. The third-order valence-electron chi connectivity index (χ3n) is 4.29. The number of methoxy groups -OCH3 is 1. The van der Waals surface area contributed by atoms with E-state index in [1.807, 2.05) is 0 Å². The third-order valence-corrected chi connectivity index (χ3v) is 4.88. The van der Waals surface area contributed by atoms with E-state index in [0.29, 0.717) is 16.8 Å². The van der Waals surface area contributed by atoms with Crippen LogP contribution in [0.3, 0.4) is 0 Å². The molecule has 0 aliphatic carbocycles. The van der Waals surface area contributed by atoms with Crippen LogP contribution in [0, 0.1) is 5.41 Å².